The molecule has 0 bridgehead atoms. The van der Waals surface area contributed by atoms with Gasteiger partial charge in [-0.2, -0.15) is 0 Å². The Kier molecular flexibility index (Phi) is 3.94. The normalized spacial score (nSPS) is 19.6. The molecule has 0 saturated carbocycles. The molecule has 0 aromatic carbocycles. The maximum absolute atomic E-state index is 13.9. The molecular weight excluding hydrogens is 278 g/mol. The second-order valence-corrected chi connectivity index (χ2v) is 5.94. The van der Waals surface area contributed by atoms with Gasteiger partial charge in [-0.05, 0) is 33.8 Å². The molecule has 1 amide bonds. The lowest BCUT2D eigenvalue weighted by molar-refractivity contribution is 0.00578. The van der Waals surface area contributed by atoms with Gasteiger partial charge in [0.05, 0.1) is 23.4 Å². The van der Waals surface area contributed by atoms with Gasteiger partial charge in [-0.1, -0.05) is 0 Å². The molecule has 1 aliphatic heterocycles. The summed E-state index contributed by atoms with van der Waals surface area (Å²) >= 11 is 0. The monoisotopic (exact) mass is 296 g/mol. The van der Waals surface area contributed by atoms with E-state index in [2.05, 4.69) is 10.3 Å². The Morgan fingerprint density at radius 2 is 1.95 bits per heavy atom. The highest BCUT2D eigenvalue weighted by Gasteiger charge is 2.51. The molecule has 0 atom stereocenters. The van der Waals surface area contributed by atoms with E-state index in [0.29, 0.717) is 5.46 Å². The zero-order chi connectivity index (χ0) is 15.8. The van der Waals surface area contributed by atoms with Crippen LogP contribution in [0.1, 0.15) is 33.4 Å². The van der Waals surface area contributed by atoms with Crippen molar-refractivity contribution < 1.29 is 23.6 Å². The van der Waals surface area contributed by atoms with Gasteiger partial charge in [0.25, 0.3) is 0 Å². The molecule has 2 rings (SSSR count). The van der Waals surface area contributed by atoms with Crippen molar-refractivity contribution in [2.24, 2.45) is 0 Å². The fraction of sp³-hybridized carbons (Fsp3) is 0.538. The molecule has 1 aromatic rings. The number of amides is 1. The molecule has 0 spiro atoms. The van der Waals surface area contributed by atoms with E-state index in [-0.39, 0.29) is 12.2 Å². The highest BCUT2D eigenvalue weighted by Crippen LogP contribution is 2.36. The predicted molar refractivity (Wildman–Crippen MR) is 74.8 cm³/mol. The second kappa shape index (κ2) is 5.27. The first-order chi connectivity index (χ1) is 9.62. The van der Waals surface area contributed by atoms with Crippen LogP contribution >= 0.6 is 0 Å². The van der Waals surface area contributed by atoms with Crippen LogP contribution in [0.5, 0.6) is 0 Å². The van der Waals surface area contributed by atoms with E-state index in [9.17, 15) is 9.18 Å². The molecule has 0 aliphatic carbocycles. The van der Waals surface area contributed by atoms with Crippen molar-refractivity contribution in [3.8, 4) is 0 Å². The third-order valence-electron chi connectivity index (χ3n) is 3.87. The highest BCUT2D eigenvalue weighted by atomic mass is 19.1. The van der Waals surface area contributed by atoms with Gasteiger partial charge in [0.1, 0.15) is 5.82 Å². The minimum absolute atomic E-state index is 0.0256. The number of nitrogens with one attached hydrogen (secondary N) is 1. The number of halogens is 1. The van der Waals surface area contributed by atoms with Gasteiger partial charge in [-0.3, -0.25) is 4.98 Å². The van der Waals surface area contributed by atoms with Gasteiger partial charge >= 0.3 is 13.2 Å². The van der Waals surface area contributed by atoms with Gasteiger partial charge in [-0.15, -0.1) is 0 Å². The third kappa shape index (κ3) is 3.16. The van der Waals surface area contributed by atoms with Crippen molar-refractivity contribution >= 4 is 18.7 Å². The predicted octanol–water partition coefficient (Wildman–Crippen LogP) is 1.29. The number of pyridine rings is 1. The number of hydrogen-bond donors (Lipinski definition) is 2. The van der Waals surface area contributed by atoms with Gasteiger partial charge in [0.2, 0.25) is 0 Å². The molecule has 1 fully saturated rings. The lowest BCUT2D eigenvalue weighted by Crippen LogP contribution is -2.41. The smallest absolute Gasteiger partial charge is 0.465 e. The molecule has 1 aliphatic rings. The highest BCUT2D eigenvalue weighted by molar-refractivity contribution is 6.62. The maximum Gasteiger partial charge on any atom is 0.496 e. The zero-order valence-corrected chi connectivity index (χ0v) is 12.4. The molecule has 1 aromatic heterocycles. The van der Waals surface area contributed by atoms with Crippen LogP contribution in [0.2, 0.25) is 0 Å². The average Bonchev–Trinajstić information content (AvgIpc) is 2.56. The number of aromatic nitrogens is 1. The molecule has 0 unspecified atom stereocenters. The summed E-state index contributed by atoms with van der Waals surface area (Å²) in [6.45, 7) is 7.43. The van der Waals surface area contributed by atoms with Crippen molar-refractivity contribution in [3.63, 3.8) is 0 Å². The zero-order valence-electron chi connectivity index (χ0n) is 12.4. The Morgan fingerprint density at radius 1 is 1.38 bits per heavy atom. The SMILES string of the molecule is CC1(C)OB(c2cnc(CNC(=O)O)c(F)c2)OC1(C)C. The molecule has 2 N–H and O–H groups in total. The van der Waals surface area contributed by atoms with Gasteiger partial charge < -0.3 is 19.7 Å². The minimum Gasteiger partial charge on any atom is -0.465 e. The Balaban J connectivity index is 2.16. The molecule has 1 saturated heterocycles. The Bertz CT molecular complexity index is 549. The lowest BCUT2D eigenvalue weighted by atomic mass is 9.80. The Morgan fingerprint density at radius 3 is 2.43 bits per heavy atom. The van der Waals surface area contributed by atoms with Crippen molar-refractivity contribution in [1.82, 2.24) is 10.3 Å². The summed E-state index contributed by atoms with van der Waals surface area (Å²) in [4.78, 5) is 14.3. The van der Waals surface area contributed by atoms with Crippen LogP contribution in [0.4, 0.5) is 9.18 Å². The van der Waals surface area contributed by atoms with Crippen LogP contribution in [-0.4, -0.2) is 34.5 Å². The van der Waals surface area contributed by atoms with Crippen molar-refractivity contribution in [2.75, 3.05) is 0 Å². The first-order valence-electron chi connectivity index (χ1n) is 6.59. The summed E-state index contributed by atoms with van der Waals surface area (Å²) < 4.78 is 25.5. The standard InChI is InChI=1S/C13H18BFN2O4/c1-12(2)13(3,4)21-14(20-12)8-5-9(15)10(16-6-8)7-17-11(18)19/h5-6,17H,7H2,1-4H3,(H,18,19). The van der Waals surface area contributed by atoms with Crippen LogP contribution in [0.25, 0.3) is 0 Å². The number of nitrogens with zero attached hydrogens (tertiary/aromatic N) is 1. The van der Waals surface area contributed by atoms with Crippen molar-refractivity contribution in [2.45, 2.75) is 45.4 Å². The average molecular weight is 296 g/mol. The largest absolute Gasteiger partial charge is 0.496 e. The summed E-state index contributed by atoms with van der Waals surface area (Å²) in [7, 11) is -0.696. The molecular formula is C13H18BFN2O4. The van der Waals surface area contributed by atoms with Crippen molar-refractivity contribution in [3.05, 3.63) is 23.8 Å². The number of carboxylic acid groups (broad SMARTS) is 1. The molecule has 8 heteroatoms. The van der Waals surface area contributed by atoms with Crippen LogP contribution in [0, 0.1) is 5.82 Å². The number of rotatable bonds is 3. The third-order valence-corrected chi connectivity index (χ3v) is 3.87. The van der Waals surface area contributed by atoms with E-state index in [1.165, 1.54) is 12.3 Å². The summed E-state index contributed by atoms with van der Waals surface area (Å²) in [5.74, 6) is -0.601. The second-order valence-electron chi connectivity index (χ2n) is 5.94. The fourth-order valence-corrected chi connectivity index (χ4v) is 1.88. The summed E-state index contributed by atoms with van der Waals surface area (Å²) in [5, 5.41) is 10.6. The van der Waals surface area contributed by atoms with Crippen LogP contribution in [-0.2, 0) is 15.9 Å². The Labute approximate surface area is 122 Å². The fourth-order valence-electron chi connectivity index (χ4n) is 1.88. The molecule has 114 valence electrons. The summed E-state index contributed by atoms with van der Waals surface area (Å²) in [5.41, 5.74) is -0.544. The first kappa shape index (κ1) is 15.7. The topological polar surface area (TPSA) is 80.7 Å². The molecule has 21 heavy (non-hydrogen) atoms. The van der Waals surface area contributed by atoms with E-state index in [1.807, 2.05) is 27.7 Å². The van der Waals surface area contributed by atoms with E-state index in [0.717, 1.165) is 0 Å². The van der Waals surface area contributed by atoms with Crippen molar-refractivity contribution in [1.29, 1.82) is 0 Å². The first-order valence-corrected chi connectivity index (χ1v) is 6.59. The van der Waals surface area contributed by atoms with Crippen LogP contribution in [0.3, 0.4) is 0 Å². The van der Waals surface area contributed by atoms with E-state index in [1.54, 1.807) is 0 Å². The summed E-state index contributed by atoms with van der Waals surface area (Å²) in [6.07, 6.45) is 0.204. The number of carbonyl (C=O) groups is 1. The van der Waals surface area contributed by atoms with Gasteiger partial charge in [-0.25, -0.2) is 9.18 Å². The minimum atomic E-state index is -1.23. The molecule has 2 heterocycles. The van der Waals surface area contributed by atoms with Gasteiger partial charge in [0, 0.05) is 11.7 Å². The van der Waals surface area contributed by atoms with E-state index < -0.39 is 30.2 Å². The Hall–Kier alpha value is -1.67. The molecule has 0 radical (unpaired) electrons. The summed E-state index contributed by atoms with van der Waals surface area (Å²) in [6, 6.07) is 1.26. The van der Waals surface area contributed by atoms with Crippen LogP contribution < -0.4 is 10.8 Å². The maximum atomic E-state index is 13.9. The van der Waals surface area contributed by atoms with E-state index in [4.69, 9.17) is 14.4 Å². The van der Waals surface area contributed by atoms with Crippen LogP contribution in [0.15, 0.2) is 12.3 Å². The quantitative estimate of drug-likeness (QED) is 0.821. The number of hydrogen-bond acceptors (Lipinski definition) is 4. The molecule has 6 nitrogen and oxygen atoms in total. The lowest BCUT2D eigenvalue weighted by Gasteiger charge is -2.32. The van der Waals surface area contributed by atoms with E-state index >= 15 is 0 Å². The van der Waals surface area contributed by atoms with Gasteiger partial charge in [0.15, 0.2) is 0 Å².